The van der Waals surface area contributed by atoms with E-state index in [4.69, 9.17) is 4.74 Å². The van der Waals surface area contributed by atoms with Crippen LogP contribution in [0, 0.1) is 26.6 Å². The molecule has 8 heteroatoms. The summed E-state index contributed by atoms with van der Waals surface area (Å²) in [6, 6.07) is 17.2. The van der Waals surface area contributed by atoms with E-state index in [-0.39, 0.29) is 23.9 Å². The van der Waals surface area contributed by atoms with Crippen LogP contribution in [-0.2, 0) is 16.2 Å². The summed E-state index contributed by atoms with van der Waals surface area (Å²) in [5, 5.41) is 2.31. The average Bonchev–Trinajstić information content (AvgIpc) is 3.08. The zero-order valence-electron chi connectivity index (χ0n) is 20.1. The van der Waals surface area contributed by atoms with E-state index >= 15 is 0 Å². The normalized spacial score (nSPS) is 14.4. The third-order valence-electron chi connectivity index (χ3n) is 5.62. The van der Waals surface area contributed by atoms with E-state index < -0.39 is 17.1 Å². The minimum Gasteiger partial charge on any atom is -0.489 e. The van der Waals surface area contributed by atoms with Crippen molar-refractivity contribution in [2.24, 2.45) is 0 Å². The maximum atomic E-state index is 13.8. The van der Waals surface area contributed by atoms with E-state index in [9.17, 15) is 18.8 Å². The Hall–Kier alpha value is -3.91. The van der Waals surface area contributed by atoms with Crippen molar-refractivity contribution in [2.75, 3.05) is 11.9 Å². The smallest absolute Gasteiger partial charge is 0.294 e. The van der Waals surface area contributed by atoms with Crippen LogP contribution in [0.1, 0.15) is 27.8 Å². The topological polar surface area (TPSA) is 75.7 Å². The monoisotopic (exact) mass is 504 g/mol. The summed E-state index contributed by atoms with van der Waals surface area (Å²) >= 11 is 0.779. The number of ether oxygens (including phenoxy) is 1. The van der Waals surface area contributed by atoms with Gasteiger partial charge in [0.1, 0.15) is 24.7 Å². The van der Waals surface area contributed by atoms with E-state index in [1.54, 1.807) is 48.5 Å². The Morgan fingerprint density at radius 1 is 1.03 bits per heavy atom. The van der Waals surface area contributed by atoms with Crippen molar-refractivity contribution in [1.82, 2.24) is 4.90 Å². The van der Waals surface area contributed by atoms with Crippen LogP contribution in [0.5, 0.6) is 5.75 Å². The van der Waals surface area contributed by atoms with Gasteiger partial charge in [0.2, 0.25) is 5.91 Å². The lowest BCUT2D eigenvalue weighted by molar-refractivity contribution is -0.127. The van der Waals surface area contributed by atoms with Crippen LogP contribution < -0.4 is 10.1 Å². The van der Waals surface area contributed by atoms with E-state index in [1.807, 2.05) is 32.9 Å². The number of carbonyl (C=O) groups excluding carboxylic acids is 3. The highest BCUT2D eigenvalue weighted by Crippen LogP contribution is 2.33. The predicted molar refractivity (Wildman–Crippen MR) is 139 cm³/mol. The molecule has 0 radical (unpaired) electrons. The van der Waals surface area contributed by atoms with E-state index in [2.05, 4.69) is 5.32 Å². The maximum Gasteiger partial charge on any atom is 0.294 e. The summed E-state index contributed by atoms with van der Waals surface area (Å²) in [6.07, 6.45) is 1.58. The van der Waals surface area contributed by atoms with Crippen molar-refractivity contribution in [3.05, 3.63) is 99.2 Å². The van der Waals surface area contributed by atoms with Crippen LogP contribution in [0.25, 0.3) is 6.08 Å². The van der Waals surface area contributed by atoms with Gasteiger partial charge in [0.15, 0.2) is 0 Å². The number of halogens is 1. The highest BCUT2D eigenvalue weighted by molar-refractivity contribution is 8.18. The van der Waals surface area contributed by atoms with Crippen molar-refractivity contribution in [3.8, 4) is 5.75 Å². The molecule has 0 aliphatic carbocycles. The number of aryl methyl sites for hydroxylation is 3. The van der Waals surface area contributed by atoms with Gasteiger partial charge >= 0.3 is 0 Å². The molecular weight excluding hydrogens is 479 g/mol. The van der Waals surface area contributed by atoms with Gasteiger partial charge in [0.05, 0.1) is 4.91 Å². The lowest BCUT2D eigenvalue weighted by Gasteiger charge is -2.15. The fraction of sp³-hybridized carbons (Fsp3) is 0.179. The van der Waals surface area contributed by atoms with Crippen LogP contribution in [0.2, 0.25) is 0 Å². The number of rotatable bonds is 7. The summed E-state index contributed by atoms with van der Waals surface area (Å²) in [4.78, 5) is 39.2. The minimum absolute atomic E-state index is 0.0572. The standard InChI is InChI=1S/C28H25FN2O4S/c1-17-11-18(2)26(19(3)12-17)30-25(32)15-31-27(33)24(36-28(31)34)14-20-7-6-9-22(13-20)35-16-21-8-4-5-10-23(21)29/h4-14H,15-16H2,1-3H3,(H,30,32)/b24-14+. The zero-order valence-corrected chi connectivity index (χ0v) is 20.9. The predicted octanol–water partition coefficient (Wildman–Crippen LogP) is 6.00. The molecule has 1 aliphatic heterocycles. The minimum atomic E-state index is -0.532. The molecule has 184 valence electrons. The second-order valence-electron chi connectivity index (χ2n) is 8.54. The molecule has 0 bridgehead atoms. The number of amides is 3. The van der Waals surface area contributed by atoms with Gasteiger partial charge in [-0.2, -0.15) is 0 Å². The molecule has 0 aromatic heterocycles. The molecule has 3 amide bonds. The zero-order chi connectivity index (χ0) is 25.8. The molecule has 4 rings (SSSR count). The first-order valence-corrected chi connectivity index (χ1v) is 12.1. The largest absolute Gasteiger partial charge is 0.489 e. The summed E-state index contributed by atoms with van der Waals surface area (Å²) in [6.45, 7) is 5.45. The van der Waals surface area contributed by atoms with Crippen molar-refractivity contribution in [2.45, 2.75) is 27.4 Å². The number of hydrogen-bond acceptors (Lipinski definition) is 5. The van der Waals surface area contributed by atoms with Gasteiger partial charge in [-0.15, -0.1) is 0 Å². The summed E-state index contributed by atoms with van der Waals surface area (Å²) in [5.41, 5.74) is 4.65. The molecule has 1 heterocycles. The first-order valence-electron chi connectivity index (χ1n) is 11.3. The van der Waals surface area contributed by atoms with Crippen molar-refractivity contribution in [3.63, 3.8) is 0 Å². The van der Waals surface area contributed by atoms with Crippen LogP contribution in [0.3, 0.4) is 0 Å². The highest BCUT2D eigenvalue weighted by Gasteiger charge is 2.36. The number of benzene rings is 3. The molecule has 1 fully saturated rings. The van der Waals surface area contributed by atoms with Crippen molar-refractivity contribution < 1.29 is 23.5 Å². The summed E-state index contributed by atoms with van der Waals surface area (Å²) in [7, 11) is 0. The quantitative estimate of drug-likeness (QED) is 0.399. The second kappa shape index (κ2) is 10.8. The Balaban J connectivity index is 1.42. The number of anilines is 1. The first kappa shape index (κ1) is 25.2. The van der Waals surface area contributed by atoms with Crippen molar-refractivity contribution in [1.29, 1.82) is 0 Å². The second-order valence-corrected chi connectivity index (χ2v) is 9.54. The number of carbonyl (C=O) groups is 3. The van der Waals surface area contributed by atoms with Crippen LogP contribution >= 0.6 is 11.8 Å². The molecule has 3 aromatic carbocycles. The third kappa shape index (κ3) is 5.83. The molecule has 36 heavy (non-hydrogen) atoms. The Labute approximate surface area is 213 Å². The van der Waals surface area contributed by atoms with Gasteiger partial charge < -0.3 is 10.1 Å². The van der Waals surface area contributed by atoms with Crippen LogP contribution in [0.4, 0.5) is 14.9 Å². The Morgan fingerprint density at radius 3 is 2.47 bits per heavy atom. The molecular formula is C28H25FN2O4S. The molecule has 0 saturated carbocycles. The molecule has 0 spiro atoms. The lowest BCUT2D eigenvalue weighted by atomic mass is 10.1. The average molecular weight is 505 g/mol. The first-order chi connectivity index (χ1) is 17.2. The number of thioether (sulfide) groups is 1. The number of nitrogens with zero attached hydrogens (tertiary/aromatic N) is 1. The van der Waals surface area contributed by atoms with Crippen molar-refractivity contribution >= 4 is 40.6 Å². The van der Waals surface area contributed by atoms with Gasteiger partial charge in [-0.05, 0) is 73.5 Å². The molecule has 0 atom stereocenters. The Kier molecular flexibility index (Phi) is 7.55. The van der Waals surface area contributed by atoms with Gasteiger partial charge in [-0.1, -0.05) is 48.0 Å². The lowest BCUT2D eigenvalue weighted by Crippen LogP contribution is -2.36. The van der Waals surface area contributed by atoms with E-state index in [0.29, 0.717) is 22.6 Å². The van der Waals surface area contributed by atoms with E-state index in [1.165, 1.54) is 6.07 Å². The molecule has 0 unspecified atom stereocenters. The van der Waals surface area contributed by atoms with Crippen LogP contribution in [-0.4, -0.2) is 28.5 Å². The fourth-order valence-electron chi connectivity index (χ4n) is 3.96. The van der Waals surface area contributed by atoms with E-state index in [0.717, 1.165) is 33.4 Å². The number of imide groups is 1. The number of hydrogen-bond donors (Lipinski definition) is 1. The molecule has 3 aromatic rings. The molecule has 6 nitrogen and oxygen atoms in total. The SMILES string of the molecule is Cc1cc(C)c(NC(=O)CN2C(=O)S/C(=C/c3cccc(OCc4ccccc4F)c3)C2=O)c(C)c1. The molecule has 1 N–H and O–H groups in total. The molecule has 1 aliphatic rings. The van der Waals surface area contributed by atoms with Gasteiger partial charge in [0, 0.05) is 11.3 Å². The Bertz CT molecular complexity index is 1360. The van der Waals surface area contributed by atoms with Crippen LogP contribution in [0.15, 0.2) is 65.6 Å². The highest BCUT2D eigenvalue weighted by atomic mass is 32.2. The fourth-order valence-corrected chi connectivity index (χ4v) is 4.80. The van der Waals surface area contributed by atoms with Gasteiger partial charge in [-0.25, -0.2) is 4.39 Å². The number of nitrogens with one attached hydrogen (secondary N) is 1. The summed E-state index contributed by atoms with van der Waals surface area (Å²) < 4.78 is 19.5. The molecule has 1 saturated heterocycles. The van der Waals surface area contributed by atoms with Gasteiger partial charge in [-0.3, -0.25) is 19.3 Å². The Morgan fingerprint density at radius 2 is 1.75 bits per heavy atom. The third-order valence-corrected chi connectivity index (χ3v) is 6.53. The van der Waals surface area contributed by atoms with Gasteiger partial charge in [0.25, 0.3) is 11.1 Å². The summed E-state index contributed by atoms with van der Waals surface area (Å²) in [5.74, 6) is -0.833. The maximum absolute atomic E-state index is 13.8.